The summed E-state index contributed by atoms with van der Waals surface area (Å²) in [6, 6.07) is 13.1. The van der Waals surface area contributed by atoms with E-state index in [9.17, 15) is 9.59 Å². The zero-order valence-electron chi connectivity index (χ0n) is 14.0. The van der Waals surface area contributed by atoms with Crippen molar-refractivity contribution < 1.29 is 19.1 Å². The highest BCUT2D eigenvalue weighted by Crippen LogP contribution is 2.37. The highest BCUT2D eigenvalue weighted by molar-refractivity contribution is 6.02. The molecule has 4 rings (SSSR count). The molecule has 0 fully saturated rings. The van der Waals surface area contributed by atoms with Crippen LogP contribution in [0.3, 0.4) is 0 Å². The van der Waals surface area contributed by atoms with Crippen LogP contribution in [0.25, 0.3) is 0 Å². The van der Waals surface area contributed by atoms with Gasteiger partial charge in [0.25, 0.3) is 5.91 Å². The highest BCUT2D eigenvalue weighted by atomic mass is 16.5. The molecule has 0 unspecified atom stereocenters. The van der Waals surface area contributed by atoms with Crippen LogP contribution in [-0.4, -0.2) is 31.6 Å². The maximum Gasteiger partial charge on any atom is 0.339 e. The van der Waals surface area contributed by atoms with E-state index in [0.29, 0.717) is 24.3 Å². The monoisotopic (exact) mass is 337 g/mol. The molecule has 25 heavy (non-hydrogen) atoms. The number of esters is 1. The van der Waals surface area contributed by atoms with Gasteiger partial charge in [0, 0.05) is 13.0 Å². The number of carbonyl (C=O) groups is 2. The van der Waals surface area contributed by atoms with Gasteiger partial charge in [-0.05, 0) is 36.1 Å². The van der Waals surface area contributed by atoms with Gasteiger partial charge in [-0.3, -0.25) is 4.79 Å². The molecule has 0 saturated heterocycles. The van der Waals surface area contributed by atoms with Gasteiger partial charge in [-0.1, -0.05) is 30.3 Å². The quantitative estimate of drug-likeness (QED) is 0.791. The van der Waals surface area contributed by atoms with E-state index in [1.807, 2.05) is 30.3 Å². The van der Waals surface area contributed by atoms with Gasteiger partial charge in [0.15, 0.2) is 6.10 Å². The van der Waals surface area contributed by atoms with Crippen molar-refractivity contribution >= 4 is 17.6 Å². The smallest absolute Gasteiger partial charge is 0.339 e. The topological polar surface area (TPSA) is 55.8 Å². The summed E-state index contributed by atoms with van der Waals surface area (Å²) in [5, 5.41) is 0. The summed E-state index contributed by atoms with van der Waals surface area (Å²) in [6.45, 7) is 0.599. The Morgan fingerprint density at radius 2 is 1.96 bits per heavy atom. The Labute approximate surface area is 146 Å². The van der Waals surface area contributed by atoms with Crippen molar-refractivity contribution in [2.45, 2.75) is 25.4 Å². The Morgan fingerprint density at radius 1 is 1.16 bits per heavy atom. The van der Waals surface area contributed by atoms with Gasteiger partial charge in [0.05, 0.1) is 18.4 Å². The lowest BCUT2D eigenvalue weighted by Crippen LogP contribution is -2.46. The molecule has 0 aromatic heterocycles. The van der Waals surface area contributed by atoms with Gasteiger partial charge in [-0.15, -0.1) is 0 Å². The number of hydrogen-bond acceptors (Lipinski definition) is 4. The highest BCUT2D eigenvalue weighted by Gasteiger charge is 2.36. The second kappa shape index (κ2) is 6.24. The summed E-state index contributed by atoms with van der Waals surface area (Å²) in [7, 11) is 1.60. The maximum atomic E-state index is 13.1. The van der Waals surface area contributed by atoms with E-state index in [1.165, 1.54) is 0 Å². The van der Waals surface area contributed by atoms with E-state index in [0.717, 1.165) is 29.7 Å². The number of carbonyl (C=O) groups excluding carboxylic acids is 2. The van der Waals surface area contributed by atoms with Crippen LogP contribution in [0.5, 0.6) is 5.75 Å². The van der Waals surface area contributed by atoms with Crippen LogP contribution in [0, 0.1) is 0 Å². The molecule has 0 spiro atoms. The largest absolute Gasteiger partial charge is 0.495 e. The summed E-state index contributed by atoms with van der Waals surface area (Å²) in [6.07, 6.45) is 1.40. The van der Waals surface area contributed by atoms with Gasteiger partial charge >= 0.3 is 5.97 Å². The number of amides is 1. The van der Waals surface area contributed by atoms with E-state index in [4.69, 9.17) is 9.47 Å². The van der Waals surface area contributed by atoms with Crippen LogP contribution in [0.2, 0.25) is 0 Å². The van der Waals surface area contributed by atoms with E-state index in [-0.39, 0.29) is 5.91 Å². The zero-order chi connectivity index (χ0) is 17.4. The molecule has 1 atom stereocenters. The average molecular weight is 337 g/mol. The first-order valence-electron chi connectivity index (χ1n) is 8.45. The van der Waals surface area contributed by atoms with Crippen LogP contribution in [0.4, 0.5) is 5.69 Å². The SMILES string of the molecule is COc1cccc2c1N(C(=O)[C@H]1Cc3ccccc3C(=O)O1)CCC2. The Balaban J connectivity index is 1.67. The lowest BCUT2D eigenvalue weighted by atomic mass is 9.96. The van der Waals surface area contributed by atoms with E-state index >= 15 is 0 Å². The minimum absolute atomic E-state index is 0.187. The number of hydrogen-bond donors (Lipinski definition) is 0. The minimum atomic E-state index is -0.793. The van der Waals surface area contributed by atoms with Gasteiger partial charge in [0.2, 0.25) is 0 Å². The zero-order valence-corrected chi connectivity index (χ0v) is 14.0. The maximum absolute atomic E-state index is 13.1. The van der Waals surface area contributed by atoms with Gasteiger partial charge < -0.3 is 14.4 Å². The number of cyclic esters (lactones) is 1. The Morgan fingerprint density at radius 3 is 2.80 bits per heavy atom. The standard InChI is InChI=1S/C20H19NO4/c1-24-16-10-4-7-13-8-5-11-21(18(13)16)19(22)17-12-14-6-2-3-9-15(14)20(23)25-17/h2-4,6-7,9-10,17H,5,8,11-12H2,1H3/t17-/m1/s1. The Hall–Kier alpha value is -2.82. The van der Waals surface area contributed by atoms with Crippen LogP contribution in [0.1, 0.15) is 27.9 Å². The molecule has 2 aromatic rings. The number of para-hydroxylation sites is 1. The summed E-state index contributed by atoms with van der Waals surface area (Å²) in [5.41, 5.74) is 3.29. The Bertz CT molecular complexity index is 831. The molecule has 0 radical (unpaired) electrons. The van der Waals surface area contributed by atoms with Crippen LogP contribution >= 0.6 is 0 Å². The molecule has 1 amide bonds. The second-order valence-electron chi connectivity index (χ2n) is 6.32. The molecule has 5 heteroatoms. The van der Waals surface area contributed by atoms with Crippen molar-refractivity contribution in [2.75, 3.05) is 18.6 Å². The second-order valence-corrected chi connectivity index (χ2v) is 6.32. The number of anilines is 1. The lowest BCUT2D eigenvalue weighted by molar-refractivity contribution is -0.127. The fourth-order valence-corrected chi connectivity index (χ4v) is 3.64. The minimum Gasteiger partial charge on any atom is -0.495 e. The molecular weight excluding hydrogens is 318 g/mol. The van der Waals surface area contributed by atoms with Crippen molar-refractivity contribution in [1.29, 1.82) is 0 Å². The lowest BCUT2D eigenvalue weighted by Gasteiger charge is -2.34. The van der Waals surface area contributed by atoms with Crippen molar-refractivity contribution in [3.05, 3.63) is 59.2 Å². The molecule has 0 aliphatic carbocycles. The molecule has 0 bridgehead atoms. The summed E-state index contributed by atoms with van der Waals surface area (Å²) >= 11 is 0. The molecule has 0 saturated carbocycles. The van der Waals surface area contributed by atoms with Gasteiger partial charge in [-0.2, -0.15) is 0 Å². The summed E-state index contributed by atoms with van der Waals surface area (Å²) in [5.74, 6) is 0.0545. The molecule has 2 aliphatic rings. The van der Waals surface area contributed by atoms with Crippen molar-refractivity contribution in [2.24, 2.45) is 0 Å². The third-order valence-electron chi connectivity index (χ3n) is 4.83. The molecular formula is C20H19NO4. The molecule has 2 heterocycles. The van der Waals surface area contributed by atoms with E-state index < -0.39 is 12.1 Å². The fourth-order valence-electron chi connectivity index (χ4n) is 3.64. The normalized spacial score (nSPS) is 18.8. The third-order valence-corrected chi connectivity index (χ3v) is 4.83. The number of ether oxygens (including phenoxy) is 2. The van der Waals surface area contributed by atoms with Crippen LogP contribution in [-0.2, 0) is 22.4 Å². The molecule has 0 N–H and O–H groups in total. The predicted octanol–water partition coefficient (Wildman–Crippen LogP) is 2.76. The number of methoxy groups -OCH3 is 1. The first-order chi connectivity index (χ1) is 12.2. The van der Waals surface area contributed by atoms with Gasteiger partial charge in [0.1, 0.15) is 5.75 Å². The first kappa shape index (κ1) is 15.7. The van der Waals surface area contributed by atoms with Crippen molar-refractivity contribution in [1.82, 2.24) is 0 Å². The number of aryl methyl sites for hydroxylation is 1. The molecule has 2 aromatic carbocycles. The first-order valence-corrected chi connectivity index (χ1v) is 8.45. The summed E-state index contributed by atoms with van der Waals surface area (Å²) < 4.78 is 10.9. The number of nitrogens with zero attached hydrogens (tertiary/aromatic N) is 1. The van der Waals surface area contributed by atoms with E-state index in [1.54, 1.807) is 24.1 Å². The van der Waals surface area contributed by atoms with Crippen LogP contribution in [0.15, 0.2) is 42.5 Å². The molecule has 2 aliphatic heterocycles. The number of fused-ring (bicyclic) bond motifs is 2. The fraction of sp³-hybridized carbons (Fsp3) is 0.300. The predicted molar refractivity (Wildman–Crippen MR) is 93.0 cm³/mol. The average Bonchev–Trinajstić information content (AvgIpc) is 2.66. The summed E-state index contributed by atoms with van der Waals surface area (Å²) in [4.78, 5) is 27.1. The molecule has 128 valence electrons. The number of benzene rings is 2. The van der Waals surface area contributed by atoms with E-state index in [2.05, 4.69) is 0 Å². The van der Waals surface area contributed by atoms with Crippen molar-refractivity contribution in [3.63, 3.8) is 0 Å². The van der Waals surface area contributed by atoms with Crippen molar-refractivity contribution in [3.8, 4) is 5.75 Å². The molecule has 5 nitrogen and oxygen atoms in total. The Kier molecular flexibility index (Phi) is 3.92. The third kappa shape index (κ3) is 2.65. The van der Waals surface area contributed by atoms with Crippen LogP contribution < -0.4 is 9.64 Å². The number of rotatable bonds is 2. The van der Waals surface area contributed by atoms with Gasteiger partial charge in [-0.25, -0.2) is 4.79 Å².